The van der Waals surface area contributed by atoms with E-state index in [2.05, 4.69) is 10.00 Å². The van der Waals surface area contributed by atoms with Crippen molar-refractivity contribution in [1.29, 1.82) is 0 Å². The molecule has 6 heteroatoms. The highest BCUT2D eigenvalue weighted by Crippen LogP contribution is 2.20. The first-order chi connectivity index (χ1) is 11.2. The third-order valence-corrected chi connectivity index (χ3v) is 4.94. The monoisotopic (exact) mass is 320 g/mol. The standard InChI is InChI=1S/C17H28N4O2/c1-2-16(22)15-11-14-12-19(9-10-21(14)18-15)13-17(23)20-7-5-3-4-6-8-20/h11,16,22H,2-10,12-13H2,1H3/t16-/m1/s1. The van der Waals surface area contributed by atoms with E-state index in [-0.39, 0.29) is 5.91 Å². The SMILES string of the molecule is CC[C@@H](O)c1cc2n(n1)CCN(CC(=O)N1CCCCCC1)C2. The van der Waals surface area contributed by atoms with E-state index in [9.17, 15) is 9.90 Å². The van der Waals surface area contributed by atoms with Crippen molar-refractivity contribution in [2.45, 2.75) is 58.2 Å². The predicted molar refractivity (Wildman–Crippen MR) is 87.8 cm³/mol. The molecule has 0 unspecified atom stereocenters. The highest BCUT2D eigenvalue weighted by Gasteiger charge is 2.24. The molecule has 3 heterocycles. The van der Waals surface area contributed by atoms with Crippen LogP contribution < -0.4 is 0 Å². The maximum atomic E-state index is 12.5. The van der Waals surface area contributed by atoms with Crippen molar-refractivity contribution in [3.05, 3.63) is 17.5 Å². The van der Waals surface area contributed by atoms with Gasteiger partial charge in [-0.05, 0) is 25.3 Å². The van der Waals surface area contributed by atoms with Crippen LogP contribution in [0.3, 0.4) is 0 Å². The second-order valence-electron chi connectivity index (χ2n) is 6.71. The van der Waals surface area contributed by atoms with Crippen LogP contribution in [0.5, 0.6) is 0 Å². The average Bonchev–Trinajstić information content (AvgIpc) is 2.79. The maximum Gasteiger partial charge on any atom is 0.236 e. The third-order valence-electron chi connectivity index (χ3n) is 4.94. The van der Waals surface area contributed by atoms with Gasteiger partial charge in [-0.1, -0.05) is 19.8 Å². The summed E-state index contributed by atoms with van der Waals surface area (Å²) in [7, 11) is 0. The molecular formula is C17H28N4O2. The summed E-state index contributed by atoms with van der Waals surface area (Å²) in [6.07, 6.45) is 4.95. The van der Waals surface area contributed by atoms with Crippen LogP contribution in [0.25, 0.3) is 0 Å². The van der Waals surface area contributed by atoms with Gasteiger partial charge in [0.2, 0.25) is 5.91 Å². The quantitative estimate of drug-likeness (QED) is 0.914. The van der Waals surface area contributed by atoms with Gasteiger partial charge in [0.1, 0.15) is 0 Å². The largest absolute Gasteiger partial charge is 0.387 e. The Morgan fingerprint density at radius 2 is 1.96 bits per heavy atom. The first-order valence-corrected chi connectivity index (χ1v) is 8.92. The van der Waals surface area contributed by atoms with Gasteiger partial charge in [0.25, 0.3) is 0 Å². The van der Waals surface area contributed by atoms with E-state index in [1.165, 1.54) is 12.8 Å². The summed E-state index contributed by atoms with van der Waals surface area (Å²) in [5, 5.41) is 14.4. The fourth-order valence-electron chi connectivity index (χ4n) is 3.46. The molecule has 3 rings (SSSR count). The Hall–Kier alpha value is -1.40. The lowest BCUT2D eigenvalue weighted by Gasteiger charge is -2.29. The molecular weight excluding hydrogens is 292 g/mol. The Morgan fingerprint density at radius 3 is 2.65 bits per heavy atom. The first-order valence-electron chi connectivity index (χ1n) is 8.92. The van der Waals surface area contributed by atoms with Crippen molar-refractivity contribution >= 4 is 5.91 Å². The van der Waals surface area contributed by atoms with E-state index >= 15 is 0 Å². The topological polar surface area (TPSA) is 61.6 Å². The van der Waals surface area contributed by atoms with Crippen LogP contribution in [0.1, 0.15) is 56.5 Å². The third kappa shape index (κ3) is 3.93. The summed E-state index contributed by atoms with van der Waals surface area (Å²) >= 11 is 0. The smallest absolute Gasteiger partial charge is 0.236 e. The number of likely N-dealkylation sites (tertiary alicyclic amines) is 1. The van der Waals surface area contributed by atoms with Gasteiger partial charge in [0.15, 0.2) is 0 Å². The van der Waals surface area contributed by atoms with Crippen LogP contribution in [-0.2, 0) is 17.9 Å². The summed E-state index contributed by atoms with van der Waals surface area (Å²) in [4.78, 5) is 16.7. The Labute approximate surface area is 138 Å². The lowest BCUT2D eigenvalue weighted by atomic mass is 10.2. The second kappa shape index (κ2) is 7.45. The molecule has 1 aromatic heterocycles. The number of aliphatic hydroxyl groups excluding tert-OH is 1. The van der Waals surface area contributed by atoms with Crippen molar-refractivity contribution < 1.29 is 9.90 Å². The van der Waals surface area contributed by atoms with Gasteiger partial charge in [0, 0.05) is 26.2 Å². The van der Waals surface area contributed by atoms with Crippen LogP contribution in [0.4, 0.5) is 0 Å². The van der Waals surface area contributed by atoms with Gasteiger partial charge in [-0.15, -0.1) is 0 Å². The molecule has 0 aromatic carbocycles. The molecule has 1 aromatic rings. The van der Waals surface area contributed by atoms with Gasteiger partial charge in [-0.2, -0.15) is 5.10 Å². The van der Waals surface area contributed by atoms with E-state index in [1.54, 1.807) is 0 Å². The zero-order valence-electron chi connectivity index (χ0n) is 14.1. The van der Waals surface area contributed by atoms with Crippen LogP contribution in [0.2, 0.25) is 0 Å². The van der Waals surface area contributed by atoms with Crippen LogP contribution >= 0.6 is 0 Å². The summed E-state index contributed by atoms with van der Waals surface area (Å²) in [6.45, 7) is 6.65. The molecule has 1 fully saturated rings. The number of carbonyl (C=O) groups is 1. The molecule has 23 heavy (non-hydrogen) atoms. The molecule has 0 bridgehead atoms. The fraction of sp³-hybridized carbons (Fsp3) is 0.765. The average molecular weight is 320 g/mol. The molecule has 128 valence electrons. The highest BCUT2D eigenvalue weighted by molar-refractivity contribution is 5.78. The molecule has 0 radical (unpaired) electrons. The molecule has 0 saturated carbocycles. The lowest BCUT2D eigenvalue weighted by Crippen LogP contribution is -2.43. The molecule has 2 aliphatic heterocycles. The number of hydrogen-bond acceptors (Lipinski definition) is 4. The Kier molecular flexibility index (Phi) is 5.33. The number of rotatable bonds is 4. The minimum absolute atomic E-state index is 0.258. The van der Waals surface area contributed by atoms with Crippen molar-refractivity contribution in [2.24, 2.45) is 0 Å². The number of amides is 1. The highest BCUT2D eigenvalue weighted by atomic mass is 16.3. The zero-order chi connectivity index (χ0) is 16.2. The van der Waals surface area contributed by atoms with Gasteiger partial charge < -0.3 is 10.0 Å². The van der Waals surface area contributed by atoms with E-state index in [1.807, 2.05) is 22.6 Å². The van der Waals surface area contributed by atoms with Gasteiger partial charge in [-0.25, -0.2) is 0 Å². The Bertz CT molecular complexity index is 535. The number of aliphatic hydroxyl groups is 1. The van der Waals surface area contributed by atoms with E-state index in [0.29, 0.717) is 13.0 Å². The van der Waals surface area contributed by atoms with Crippen LogP contribution in [0, 0.1) is 0 Å². The molecule has 2 aliphatic rings. The molecule has 1 amide bonds. The van der Waals surface area contributed by atoms with E-state index in [4.69, 9.17) is 0 Å². The van der Waals surface area contributed by atoms with Gasteiger partial charge in [-0.3, -0.25) is 14.4 Å². The van der Waals surface area contributed by atoms with E-state index in [0.717, 1.165) is 57.0 Å². The second-order valence-corrected chi connectivity index (χ2v) is 6.71. The predicted octanol–water partition coefficient (Wildman–Crippen LogP) is 1.54. The zero-order valence-corrected chi connectivity index (χ0v) is 14.1. The van der Waals surface area contributed by atoms with Crippen molar-refractivity contribution in [3.8, 4) is 0 Å². The molecule has 1 atom stereocenters. The minimum atomic E-state index is -0.486. The van der Waals surface area contributed by atoms with Crippen molar-refractivity contribution in [2.75, 3.05) is 26.2 Å². The number of aromatic nitrogens is 2. The molecule has 1 saturated heterocycles. The summed E-state index contributed by atoms with van der Waals surface area (Å²) in [6, 6.07) is 1.98. The fourth-order valence-corrected chi connectivity index (χ4v) is 3.46. The van der Waals surface area contributed by atoms with Crippen LogP contribution in [-0.4, -0.2) is 56.8 Å². The van der Waals surface area contributed by atoms with Crippen molar-refractivity contribution in [1.82, 2.24) is 19.6 Å². The molecule has 6 nitrogen and oxygen atoms in total. The van der Waals surface area contributed by atoms with Crippen LogP contribution in [0.15, 0.2) is 6.07 Å². The maximum absolute atomic E-state index is 12.5. The normalized spacial score (nSPS) is 20.9. The summed E-state index contributed by atoms with van der Waals surface area (Å²) in [5.74, 6) is 0.258. The summed E-state index contributed by atoms with van der Waals surface area (Å²) in [5.41, 5.74) is 1.85. The number of hydrogen-bond donors (Lipinski definition) is 1. The van der Waals surface area contributed by atoms with Crippen molar-refractivity contribution in [3.63, 3.8) is 0 Å². The first kappa shape index (κ1) is 16.5. The summed E-state index contributed by atoms with van der Waals surface area (Å²) < 4.78 is 1.97. The van der Waals surface area contributed by atoms with Gasteiger partial charge in [0.05, 0.1) is 30.6 Å². The van der Waals surface area contributed by atoms with Gasteiger partial charge >= 0.3 is 0 Å². The lowest BCUT2D eigenvalue weighted by molar-refractivity contribution is -0.132. The number of fused-ring (bicyclic) bond motifs is 1. The minimum Gasteiger partial charge on any atom is -0.387 e. The Balaban J connectivity index is 1.58. The molecule has 0 aliphatic carbocycles. The molecule has 0 spiro atoms. The molecule has 1 N–H and O–H groups in total. The number of nitrogens with zero attached hydrogens (tertiary/aromatic N) is 4. The Morgan fingerprint density at radius 1 is 1.22 bits per heavy atom. The van der Waals surface area contributed by atoms with E-state index < -0.39 is 6.10 Å². The number of carbonyl (C=O) groups excluding carboxylic acids is 1.